The van der Waals surface area contributed by atoms with Gasteiger partial charge in [0.05, 0.1) is 27.5 Å². The Hall–Kier alpha value is -2.65. The zero-order chi connectivity index (χ0) is 18.7. The van der Waals surface area contributed by atoms with Crippen molar-refractivity contribution >= 4 is 38.7 Å². The van der Waals surface area contributed by atoms with Crippen LogP contribution in [0.2, 0.25) is 5.02 Å². The number of carbonyl (C=O) groups is 1. The van der Waals surface area contributed by atoms with Crippen LogP contribution in [-0.2, 0) is 10.0 Å². The molecule has 0 atom stereocenters. The summed E-state index contributed by atoms with van der Waals surface area (Å²) in [7, 11) is -3.67. The lowest BCUT2D eigenvalue weighted by Crippen LogP contribution is -2.31. The van der Waals surface area contributed by atoms with Crippen LogP contribution < -0.4 is 10.0 Å². The summed E-state index contributed by atoms with van der Waals surface area (Å²) < 4.78 is 41.3. The summed E-state index contributed by atoms with van der Waals surface area (Å²) in [5, 5.41) is 6.43. The van der Waals surface area contributed by atoms with Crippen LogP contribution in [-0.4, -0.2) is 36.2 Å². The Bertz CT molecular complexity index is 1070. The second-order valence-corrected chi connectivity index (χ2v) is 7.67. The highest BCUT2D eigenvalue weighted by Gasteiger charge is 2.14. The number of amides is 1. The largest absolute Gasteiger partial charge is 0.351 e. The van der Waals surface area contributed by atoms with Gasteiger partial charge in [-0.25, -0.2) is 17.3 Å². The lowest BCUT2D eigenvalue weighted by atomic mass is 10.2. The Kier molecular flexibility index (Phi) is 5.10. The molecule has 2 heterocycles. The molecule has 0 spiro atoms. The lowest BCUT2D eigenvalue weighted by molar-refractivity contribution is 0.0956. The van der Waals surface area contributed by atoms with E-state index in [9.17, 15) is 17.6 Å². The highest BCUT2D eigenvalue weighted by Crippen LogP contribution is 2.17. The summed E-state index contributed by atoms with van der Waals surface area (Å²) in [6, 6.07) is 8.31. The molecule has 26 heavy (non-hydrogen) atoms. The number of pyridine rings is 1. The predicted octanol–water partition coefficient (Wildman–Crippen LogP) is 2.30. The molecule has 1 amide bonds. The van der Waals surface area contributed by atoms with Gasteiger partial charge in [-0.05, 0) is 36.4 Å². The van der Waals surface area contributed by atoms with Crippen molar-refractivity contribution in [2.75, 3.05) is 17.0 Å². The van der Waals surface area contributed by atoms with E-state index in [1.54, 1.807) is 35.1 Å². The van der Waals surface area contributed by atoms with E-state index in [1.807, 2.05) is 0 Å². The van der Waals surface area contributed by atoms with Gasteiger partial charge in [-0.3, -0.25) is 9.52 Å². The van der Waals surface area contributed by atoms with E-state index in [4.69, 9.17) is 11.6 Å². The van der Waals surface area contributed by atoms with Crippen molar-refractivity contribution in [3.05, 3.63) is 65.2 Å². The molecule has 0 fully saturated rings. The van der Waals surface area contributed by atoms with Crippen LogP contribution in [0.4, 0.5) is 10.1 Å². The first kappa shape index (κ1) is 18.2. The van der Waals surface area contributed by atoms with Gasteiger partial charge in [0, 0.05) is 18.9 Å². The quantitative estimate of drug-likeness (QED) is 0.668. The minimum absolute atomic E-state index is 0.0439. The Morgan fingerprint density at radius 1 is 1.23 bits per heavy atom. The number of carbonyl (C=O) groups excluding carboxylic acids is 1. The van der Waals surface area contributed by atoms with Gasteiger partial charge in [0.2, 0.25) is 10.0 Å². The number of aromatic nitrogens is 2. The van der Waals surface area contributed by atoms with Crippen LogP contribution in [0.5, 0.6) is 0 Å². The summed E-state index contributed by atoms with van der Waals surface area (Å²) in [5.41, 5.74) is 1.21. The first-order valence-corrected chi connectivity index (χ1v) is 9.54. The number of nitrogens with one attached hydrogen (secondary N) is 2. The van der Waals surface area contributed by atoms with Gasteiger partial charge in [-0.2, -0.15) is 5.10 Å². The predicted molar refractivity (Wildman–Crippen MR) is 96.3 cm³/mol. The van der Waals surface area contributed by atoms with Crippen LogP contribution in [0.1, 0.15) is 10.4 Å². The van der Waals surface area contributed by atoms with Crippen LogP contribution in [0.3, 0.4) is 0 Å². The Labute approximate surface area is 153 Å². The van der Waals surface area contributed by atoms with Crippen molar-refractivity contribution < 1.29 is 17.6 Å². The fraction of sp³-hybridized carbons (Fsp3) is 0.125. The highest BCUT2D eigenvalue weighted by atomic mass is 35.5. The van der Waals surface area contributed by atoms with Crippen LogP contribution in [0.25, 0.3) is 5.52 Å². The number of nitrogens with zero attached hydrogens (tertiary/aromatic N) is 2. The molecular formula is C16H14ClFN4O3S. The maximum atomic E-state index is 13.0. The average Bonchev–Trinajstić information content (AvgIpc) is 3.01. The Morgan fingerprint density at radius 3 is 2.81 bits per heavy atom. The monoisotopic (exact) mass is 396 g/mol. The van der Waals surface area contributed by atoms with Gasteiger partial charge >= 0.3 is 0 Å². The average molecular weight is 397 g/mol. The first-order chi connectivity index (χ1) is 12.3. The van der Waals surface area contributed by atoms with Gasteiger partial charge in [0.15, 0.2) is 0 Å². The molecule has 0 bridgehead atoms. The fourth-order valence-electron chi connectivity index (χ4n) is 2.28. The zero-order valence-electron chi connectivity index (χ0n) is 13.3. The summed E-state index contributed by atoms with van der Waals surface area (Å²) in [5.74, 6) is -1.47. The minimum atomic E-state index is -3.67. The van der Waals surface area contributed by atoms with Crippen molar-refractivity contribution in [1.29, 1.82) is 0 Å². The summed E-state index contributed by atoms with van der Waals surface area (Å²) in [6.45, 7) is -0.128. The zero-order valence-corrected chi connectivity index (χ0v) is 14.9. The maximum absolute atomic E-state index is 13.0. The number of hydrogen-bond acceptors (Lipinski definition) is 4. The summed E-state index contributed by atoms with van der Waals surface area (Å²) in [6.07, 6.45) is 3.23. The molecule has 0 radical (unpaired) electrons. The molecule has 0 saturated heterocycles. The highest BCUT2D eigenvalue weighted by molar-refractivity contribution is 7.92. The fourth-order valence-corrected chi connectivity index (χ4v) is 3.50. The second-order valence-electron chi connectivity index (χ2n) is 5.42. The van der Waals surface area contributed by atoms with Gasteiger partial charge in [-0.1, -0.05) is 11.6 Å². The molecule has 2 N–H and O–H groups in total. The third-order valence-corrected chi connectivity index (χ3v) is 5.11. The molecule has 0 saturated carbocycles. The van der Waals surface area contributed by atoms with Crippen molar-refractivity contribution in [2.24, 2.45) is 0 Å². The molecule has 10 heteroatoms. The molecule has 0 unspecified atom stereocenters. The third-order valence-electron chi connectivity index (χ3n) is 3.51. The van der Waals surface area contributed by atoms with Crippen LogP contribution in [0.15, 0.2) is 48.8 Å². The van der Waals surface area contributed by atoms with Crippen molar-refractivity contribution in [2.45, 2.75) is 0 Å². The number of anilines is 1. The van der Waals surface area contributed by atoms with Gasteiger partial charge in [0.1, 0.15) is 5.82 Å². The normalized spacial score (nSPS) is 11.5. The number of sulfonamides is 1. The molecule has 0 aliphatic rings. The van der Waals surface area contributed by atoms with E-state index in [-0.39, 0.29) is 22.9 Å². The lowest BCUT2D eigenvalue weighted by Gasteiger charge is -2.10. The van der Waals surface area contributed by atoms with E-state index in [0.717, 1.165) is 17.6 Å². The first-order valence-electron chi connectivity index (χ1n) is 7.51. The van der Waals surface area contributed by atoms with Crippen LogP contribution >= 0.6 is 11.6 Å². The van der Waals surface area contributed by atoms with E-state index in [0.29, 0.717) is 5.69 Å². The number of fused-ring (bicyclic) bond motifs is 1. The Morgan fingerprint density at radius 2 is 2.04 bits per heavy atom. The molecule has 2 aromatic heterocycles. The van der Waals surface area contributed by atoms with Gasteiger partial charge in [0.25, 0.3) is 5.91 Å². The molecule has 136 valence electrons. The molecule has 0 aliphatic heterocycles. The minimum Gasteiger partial charge on any atom is -0.351 e. The van der Waals surface area contributed by atoms with Crippen molar-refractivity contribution in [3.63, 3.8) is 0 Å². The number of hydrogen-bond donors (Lipinski definition) is 2. The summed E-state index contributed by atoms with van der Waals surface area (Å²) in [4.78, 5) is 12.0. The Balaban J connectivity index is 1.58. The SMILES string of the molecule is O=C(NCCS(=O)(=O)Nc1ccn2nccc2c1)c1ccc(F)cc1Cl. The van der Waals surface area contributed by atoms with Crippen LogP contribution in [0, 0.1) is 5.82 Å². The molecule has 3 rings (SSSR count). The van der Waals surface area contributed by atoms with Gasteiger partial charge < -0.3 is 5.32 Å². The smallest absolute Gasteiger partial charge is 0.252 e. The number of benzene rings is 1. The standard InChI is InChI=1S/C16H14ClFN4O3S/c17-15-9-11(18)1-2-14(15)16(23)19-6-8-26(24,25)21-12-4-7-22-13(10-12)3-5-20-22/h1-5,7,9-10,21H,6,8H2,(H,19,23). The second kappa shape index (κ2) is 7.30. The maximum Gasteiger partial charge on any atom is 0.252 e. The molecule has 0 aliphatic carbocycles. The van der Waals surface area contributed by atoms with E-state index >= 15 is 0 Å². The topological polar surface area (TPSA) is 92.6 Å². The third kappa shape index (κ3) is 4.30. The van der Waals surface area contributed by atoms with Crippen molar-refractivity contribution in [3.8, 4) is 0 Å². The van der Waals surface area contributed by atoms with E-state index in [1.165, 1.54) is 6.07 Å². The van der Waals surface area contributed by atoms with Crippen molar-refractivity contribution in [1.82, 2.24) is 14.9 Å². The van der Waals surface area contributed by atoms with E-state index < -0.39 is 21.7 Å². The molecular weight excluding hydrogens is 383 g/mol. The number of halogens is 2. The van der Waals surface area contributed by atoms with E-state index in [2.05, 4.69) is 15.1 Å². The number of rotatable bonds is 6. The molecule has 1 aromatic carbocycles. The molecule has 3 aromatic rings. The van der Waals surface area contributed by atoms with Gasteiger partial charge in [-0.15, -0.1) is 0 Å². The summed E-state index contributed by atoms with van der Waals surface area (Å²) >= 11 is 5.80. The molecule has 7 nitrogen and oxygen atoms in total.